The summed E-state index contributed by atoms with van der Waals surface area (Å²) in [5, 5.41) is 8.82. The van der Waals surface area contributed by atoms with Crippen molar-refractivity contribution in [3.63, 3.8) is 0 Å². The lowest BCUT2D eigenvalue weighted by molar-refractivity contribution is -0.0208. The molecule has 3 nitrogen and oxygen atoms in total. The van der Waals surface area contributed by atoms with Crippen molar-refractivity contribution < 1.29 is 9.84 Å². The molecule has 0 unspecified atom stereocenters. The molecule has 1 rings (SSSR count). The molecule has 0 radical (unpaired) electrons. The van der Waals surface area contributed by atoms with E-state index in [1.807, 2.05) is 0 Å². The lowest BCUT2D eigenvalue weighted by Crippen LogP contribution is -2.38. The Morgan fingerprint density at radius 2 is 2.40 bits per heavy atom. The number of ether oxygens (including phenoxy) is 1. The van der Waals surface area contributed by atoms with E-state index in [9.17, 15) is 0 Å². The second kappa shape index (κ2) is 3.32. The summed E-state index contributed by atoms with van der Waals surface area (Å²) in [6.45, 7) is 6.03. The van der Waals surface area contributed by atoms with Gasteiger partial charge in [0.15, 0.2) is 0 Å². The molecule has 0 aromatic rings. The van der Waals surface area contributed by atoms with E-state index in [0.717, 1.165) is 13.2 Å². The fourth-order valence-corrected chi connectivity index (χ4v) is 1.28. The summed E-state index contributed by atoms with van der Waals surface area (Å²) < 4.78 is 5.25. The summed E-state index contributed by atoms with van der Waals surface area (Å²) in [5.41, 5.74) is 0. The van der Waals surface area contributed by atoms with Gasteiger partial charge in [0, 0.05) is 12.6 Å². The molecule has 0 bridgehead atoms. The molecule has 1 heterocycles. The van der Waals surface area contributed by atoms with Gasteiger partial charge in [-0.3, -0.25) is 4.90 Å². The Bertz CT molecular complexity index is 106. The van der Waals surface area contributed by atoms with Gasteiger partial charge in [-0.25, -0.2) is 0 Å². The van der Waals surface area contributed by atoms with E-state index in [1.54, 1.807) is 0 Å². The summed E-state index contributed by atoms with van der Waals surface area (Å²) >= 11 is 0. The molecule has 0 saturated carbocycles. The van der Waals surface area contributed by atoms with Gasteiger partial charge in [-0.05, 0) is 13.8 Å². The molecule has 1 N–H and O–H groups in total. The maximum atomic E-state index is 8.82. The van der Waals surface area contributed by atoms with Gasteiger partial charge in [-0.2, -0.15) is 0 Å². The summed E-state index contributed by atoms with van der Waals surface area (Å²) in [7, 11) is 0. The van der Waals surface area contributed by atoms with Crippen LogP contribution in [0, 0.1) is 0 Å². The minimum atomic E-state index is -0.0556. The Morgan fingerprint density at radius 1 is 1.70 bits per heavy atom. The fraction of sp³-hybridized carbons (Fsp3) is 1.00. The van der Waals surface area contributed by atoms with Crippen LogP contribution >= 0.6 is 0 Å². The van der Waals surface area contributed by atoms with E-state index in [1.165, 1.54) is 0 Å². The molecular weight excluding hydrogens is 130 g/mol. The maximum absolute atomic E-state index is 8.82. The zero-order valence-corrected chi connectivity index (χ0v) is 6.58. The quantitative estimate of drug-likeness (QED) is 0.595. The van der Waals surface area contributed by atoms with Crippen LogP contribution in [0.1, 0.15) is 13.8 Å². The highest BCUT2D eigenvalue weighted by Gasteiger charge is 2.25. The SMILES string of the molecule is CC(C)N1CCO[C@@H]1CO. The molecule has 60 valence electrons. The molecule has 1 saturated heterocycles. The van der Waals surface area contributed by atoms with E-state index in [-0.39, 0.29) is 12.8 Å². The average Bonchev–Trinajstić information content (AvgIpc) is 2.33. The van der Waals surface area contributed by atoms with Gasteiger partial charge in [0.05, 0.1) is 13.2 Å². The Hall–Kier alpha value is -0.120. The Balaban J connectivity index is 2.42. The summed E-state index contributed by atoms with van der Waals surface area (Å²) in [4.78, 5) is 2.15. The first-order valence-corrected chi connectivity index (χ1v) is 3.74. The van der Waals surface area contributed by atoms with Gasteiger partial charge < -0.3 is 9.84 Å². The normalized spacial score (nSPS) is 28.2. The Labute approximate surface area is 61.6 Å². The topological polar surface area (TPSA) is 32.7 Å². The molecule has 0 aromatic carbocycles. The van der Waals surface area contributed by atoms with Crippen molar-refractivity contribution in [3.05, 3.63) is 0 Å². The molecule has 0 amide bonds. The minimum absolute atomic E-state index is 0.0556. The van der Waals surface area contributed by atoms with Crippen molar-refractivity contribution in [1.29, 1.82) is 0 Å². The summed E-state index contributed by atoms with van der Waals surface area (Å²) in [5.74, 6) is 0. The van der Waals surface area contributed by atoms with Crippen molar-refractivity contribution in [3.8, 4) is 0 Å². The summed E-state index contributed by atoms with van der Waals surface area (Å²) in [6.07, 6.45) is -0.0556. The van der Waals surface area contributed by atoms with Gasteiger partial charge in [0.1, 0.15) is 6.23 Å². The van der Waals surface area contributed by atoms with Gasteiger partial charge in [-0.15, -0.1) is 0 Å². The molecule has 1 aliphatic rings. The Morgan fingerprint density at radius 3 is 2.80 bits per heavy atom. The second-order valence-electron chi connectivity index (χ2n) is 2.84. The lowest BCUT2D eigenvalue weighted by atomic mass is 10.3. The van der Waals surface area contributed by atoms with Gasteiger partial charge >= 0.3 is 0 Å². The first kappa shape index (κ1) is 7.98. The van der Waals surface area contributed by atoms with Crippen LogP contribution in [0.15, 0.2) is 0 Å². The van der Waals surface area contributed by atoms with Crippen LogP contribution in [0.5, 0.6) is 0 Å². The average molecular weight is 145 g/mol. The van der Waals surface area contributed by atoms with Crippen LogP contribution in [0.2, 0.25) is 0 Å². The minimum Gasteiger partial charge on any atom is -0.392 e. The molecule has 1 fully saturated rings. The number of aliphatic hydroxyl groups excluding tert-OH is 1. The van der Waals surface area contributed by atoms with Crippen molar-refractivity contribution in [1.82, 2.24) is 4.90 Å². The predicted octanol–water partition coefficient (Wildman–Crippen LogP) is 0.0454. The van der Waals surface area contributed by atoms with Crippen molar-refractivity contribution >= 4 is 0 Å². The number of nitrogens with zero attached hydrogens (tertiary/aromatic N) is 1. The lowest BCUT2D eigenvalue weighted by Gasteiger charge is -2.24. The number of hydrogen-bond donors (Lipinski definition) is 1. The first-order valence-electron chi connectivity index (χ1n) is 3.74. The Kier molecular flexibility index (Phi) is 2.65. The van der Waals surface area contributed by atoms with Crippen LogP contribution in [0.4, 0.5) is 0 Å². The zero-order valence-electron chi connectivity index (χ0n) is 6.58. The van der Waals surface area contributed by atoms with E-state index < -0.39 is 0 Å². The molecule has 0 aliphatic carbocycles. The first-order chi connectivity index (χ1) is 4.75. The number of rotatable bonds is 2. The van der Waals surface area contributed by atoms with Crippen LogP contribution in [-0.2, 0) is 4.74 Å². The van der Waals surface area contributed by atoms with Gasteiger partial charge in [0.25, 0.3) is 0 Å². The van der Waals surface area contributed by atoms with Crippen LogP contribution in [-0.4, -0.2) is 42.0 Å². The van der Waals surface area contributed by atoms with E-state index >= 15 is 0 Å². The molecule has 1 aliphatic heterocycles. The third-order valence-electron chi connectivity index (χ3n) is 1.85. The van der Waals surface area contributed by atoms with Gasteiger partial charge in [0.2, 0.25) is 0 Å². The maximum Gasteiger partial charge on any atom is 0.134 e. The molecule has 0 spiro atoms. The van der Waals surface area contributed by atoms with Crippen molar-refractivity contribution in [2.45, 2.75) is 26.1 Å². The highest BCUT2D eigenvalue weighted by Crippen LogP contribution is 2.12. The third-order valence-corrected chi connectivity index (χ3v) is 1.85. The molecule has 0 aromatic heterocycles. The number of hydrogen-bond acceptors (Lipinski definition) is 3. The molecular formula is C7H15NO2. The van der Waals surface area contributed by atoms with Crippen LogP contribution < -0.4 is 0 Å². The molecule has 10 heavy (non-hydrogen) atoms. The number of aliphatic hydroxyl groups is 1. The standard InChI is InChI=1S/C7H15NO2/c1-6(2)8-3-4-10-7(8)5-9/h6-7,9H,3-5H2,1-2H3/t7-/m1/s1. The van der Waals surface area contributed by atoms with Crippen LogP contribution in [0.25, 0.3) is 0 Å². The van der Waals surface area contributed by atoms with E-state index in [2.05, 4.69) is 18.7 Å². The van der Waals surface area contributed by atoms with Gasteiger partial charge in [-0.1, -0.05) is 0 Å². The van der Waals surface area contributed by atoms with Crippen molar-refractivity contribution in [2.75, 3.05) is 19.8 Å². The highest BCUT2D eigenvalue weighted by atomic mass is 16.5. The smallest absolute Gasteiger partial charge is 0.134 e. The molecule has 1 atom stereocenters. The third kappa shape index (κ3) is 1.48. The van der Waals surface area contributed by atoms with E-state index in [0.29, 0.717) is 6.04 Å². The van der Waals surface area contributed by atoms with Crippen molar-refractivity contribution in [2.24, 2.45) is 0 Å². The monoisotopic (exact) mass is 145 g/mol. The largest absolute Gasteiger partial charge is 0.392 e. The second-order valence-corrected chi connectivity index (χ2v) is 2.84. The summed E-state index contributed by atoms with van der Waals surface area (Å²) in [6, 6.07) is 0.472. The van der Waals surface area contributed by atoms with Crippen LogP contribution in [0.3, 0.4) is 0 Å². The van der Waals surface area contributed by atoms with E-state index in [4.69, 9.17) is 9.84 Å². The predicted molar refractivity (Wildman–Crippen MR) is 38.7 cm³/mol. The highest BCUT2D eigenvalue weighted by molar-refractivity contribution is 4.71. The molecule has 3 heteroatoms. The fourth-order valence-electron chi connectivity index (χ4n) is 1.28. The zero-order chi connectivity index (χ0) is 7.56.